The summed E-state index contributed by atoms with van der Waals surface area (Å²) >= 11 is 0. The maximum atomic E-state index is 12.9. The molecule has 7 nitrogen and oxygen atoms in total. The molecule has 0 aliphatic carbocycles. The standard InChI is InChI=1S/C23H33NO6/c1-8-9-15-18(19(25)28-16-17-13-11-10-12-14-17)24(20(26)29-22(2,3)4)21(27)30-23(5,6)7/h8,10-14,18H,1,9,15-16H2,2-7H3/t18-/m0/s1. The summed E-state index contributed by atoms with van der Waals surface area (Å²) in [7, 11) is 0. The number of carbonyl (C=O) groups excluding carboxylic acids is 3. The quantitative estimate of drug-likeness (QED) is 0.342. The molecule has 0 aliphatic heterocycles. The predicted octanol–water partition coefficient (Wildman–Crippen LogP) is 5.24. The van der Waals surface area contributed by atoms with E-state index >= 15 is 0 Å². The van der Waals surface area contributed by atoms with Crippen LogP contribution in [0.25, 0.3) is 0 Å². The number of amides is 2. The van der Waals surface area contributed by atoms with Gasteiger partial charge in [0.1, 0.15) is 23.9 Å². The molecule has 1 rings (SSSR count). The van der Waals surface area contributed by atoms with E-state index in [0.29, 0.717) is 11.3 Å². The zero-order valence-electron chi connectivity index (χ0n) is 18.8. The summed E-state index contributed by atoms with van der Waals surface area (Å²) in [5.74, 6) is -0.725. The van der Waals surface area contributed by atoms with Crippen LogP contribution in [0.1, 0.15) is 59.9 Å². The van der Waals surface area contributed by atoms with Crippen molar-refractivity contribution in [3.63, 3.8) is 0 Å². The average Bonchev–Trinajstić information content (AvgIpc) is 2.60. The van der Waals surface area contributed by atoms with Crippen LogP contribution < -0.4 is 0 Å². The van der Waals surface area contributed by atoms with Crippen LogP contribution in [-0.2, 0) is 25.6 Å². The van der Waals surface area contributed by atoms with E-state index in [4.69, 9.17) is 14.2 Å². The van der Waals surface area contributed by atoms with Crippen LogP contribution >= 0.6 is 0 Å². The second-order valence-electron chi connectivity index (χ2n) is 8.81. The number of allylic oxidation sites excluding steroid dienone is 1. The van der Waals surface area contributed by atoms with Crippen LogP contribution in [0, 0.1) is 0 Å². The number of ether oxygens (including phenoxy) is 3. The van der Waals surface area contributed by atoms with Crippen molar-refractivity contribution < 1.29 is 28.6 Å². The highest BCUT2D eigenvalue weighted by atomic mass is 16.6. The molecule has 0 bridgehead atoms. The molecule has 1 aromatic rings. The molecule has 0 aromatic heterocycles. The van der Waals surface area contributed by atoms with Gasteiger partial charge >= 0.3 is 18.2 Å². The fourth-order valence-electron chi connectivity index (χ4n) is 2.40. The summed E-state index contributed by atoms with van der Waals surface area (Å²) in [6, 6.07) is 7.91. The van der Waals surface area contributed by atoms with Gasteiger partial charge in [-0.1, -0.05) is 36.4 Å². The van der Waals surface area contributed by atoms with Gasteiger partial charge in [0.2, 0.25) is 0 Å². The fourth-order valence-corrected chi connectivity index (χ4v) is 2.40. The Morgan fingerprint density at radius 3 is 1.90 bits per heavy atom. The molecule has 166 valence electrons. The van der Waals surface area contributed by atoms with E-state index in [1.54, 1.807) is 47.6 Å². The van der Waals surface area contributed by atoms with Gasteiger partial charge < -0.3 is 14.2 Å². The van der Waals surface area contributed by atoms with Crippen LogP contribution in [0.15, 0.2) is 43.0 Å². The summed E-state index contributed by atoms with van der Waals surface area (Å²) in [6.07, 6.45) is 0.174. The van der Waals surface area contributed by atoms with Crippen LogP contribution in [-0.4, -0.2) is 40.3 Å². The first-order valence-electron chi connectivity index (χ1n) is 9.90. The Labute approximate surface area is 179 Å². The number of imide groups is 1. The van der Waals surface area contributed by atoms with Gasteiger partial charge in [0, 0.05) is 0 Å². The highest BCUT2D eigenvalue weighted by Gasteiger charge is 2.40. The lowest BCUT2D eigenvalue weighted by Crippen LogP contribution is -2.52. The van der Waals surface area contributed by atoms with Gasteiger partial charge in [-0.3, -0.25) is 0 Å². The normalized spacial score (nSPS) is 12.5. The molecule has 30 heavy (non-hydrogen) atoms. The number of esters is 1. The molecule has 0 N–H and O–H groups in total. The van der Waals surface area contributed by atoms with Crippen molar-refractivity contribution in [2.75, 3.05) is 0 Å². The molecule has 7 heteroatoms. The SMILES string of the molecule is C=CCC[C@@H](C(=O)OCc1ccccc1)N(C(=O)OC(C)(C)C)C(=O)OC(C)(C)C. The maximum absolute atomic E-state index is 12.9. The Bertz CT molecular complexity index is 702. The monoisotopic (exact) mass is 419 g/mol. The third-order valence-electron chi connectivity index (χ3n) is 3.63. The lowest BCUT2D eigenvalue weighted by molar-refractivity contribution is -0.151. The van der Waals surface area contributed by atoms with E-state index in [9.17, 15) is 14.4 Å². The molecule has 0 saturated heterocycles. The Morgan fingerprint density at radius 1 is 0.967 bits per heavy atom. The summed E-state index contributed by atoms with van der Waals surface area (Å²) in [5.41, 5.74) is -0.947. The molecular weight excluding hydrogens is 386 g/mol. The second kappa shape index (κ2) is 10.8. The van der Waals surface area contributed by atoms with Crippen molar-refractivity contribution in [1.82, 2.24) is 4.90 Å². The zero-order valence-corrected chi connectivity index (χ0v) is 18.8. The molecule has 2 amide bonds. The average molecular weight is 420 g/mol. The Balaban J connectivity index is 3.16. The van der Waals surface area contributed by atoms with Gasteiger partial charge in [0.05, 0.1) is 0 Å². The molecule has 0 saturated carbocycles. The van der Waals surface area contributed by atoms with E-state index in [1.165, 1.54) is 0 Å². The van der Waals surface area contributed by atoms with Crippen molar-refractivity contribution in [1.29, 1.82) is 0 Å². The van der Waals surface area contributed by atoms with Gasteiger partial charge in [-0.15, -0.1) is 6.58 Å². The maximum Gasteiger partial charge on any atom is 0.420 e. The first kappa shape index (κ1) is 25.2. The Hall–Kier alpha value is -2.83. The molecule has 0 radical (unpaired) electrons. The summed E-state index contributed by atoms with van der Waals surface area (Å²) in [4.78, 5) is 39.3. The van der Waals surface area contributed by atoms with E-state index in [1.807, 2.05) is 30.3 Å². The van der Waals surface area contributed by atoms with E-state index in [2.05, 4.69) is 6.58 Å². The third kappa shape index (κ3) is 9.11. The van der Waals surface area contributed by atoms with Gasteiger partial charge in [0.15, 0.2) is 0 Å². The Kier molecular flexibility index (Phi) is 9.08. The molecule has 0 aliphatic rings. The number of rotatable bonds is 7. The predicted molar refractivity (Wildman–Crippen MR) is 114 cm³/mol. The molecular formula is C23H33NO6. The summed E-state index contributed by atoms with van der Waals surface area (Å²) < 4.78 is 16.1. The molecule has 0 spiro atoms. The highest BCUT2D eigenvalue weighted by molar-refractivity contribution is 5.94. The van der Waals surface area contributed by atoms with Gasteiger partial charge in [0.25, 0.3) is 0 Å². The molecule has 1 atom stereocenters. The first-order chi connectivity index (χ1) is 13.8. The fraction of sp³-hybridized carbons (Fsp3) is 0.522. The van der Waals surface area contributed by atoms with Crippen molar-refractivity contribution in [3.8, 4) is 0 Å². The minimum Gasteiger partial charge on any atom is -0.459 e. The number of hydrogen-bond acceptors (Lipinski definition) is 6. The number of benzene rings is 1. The summed E-state index contributed by atoms with van der Waals surface area (Å²) in [5, 5.41) is 0. The largest absolute Gasteiger partial charge is 0.459 e. The van der Waals surface area contributed by atoms with E-state index in [0.717, 1.165) is 5.56 Å². The van der Waals surface area contributed by atoms with Crippen molar-refractivity contribution >= 4 is 18.2 Å². The van der Waals surface area contributed by atoms with Crippen molar-refractivity contribution in [2.45, 2.75) is 78.2 Å². The lowest BCUT2D eigenvalue weighted by atomic mass is 10.1. The second-order valence-corrected chi connectivity index (χ2v) is 8.81. The molecule has 0 unspecified atom stereocenters. The van der Waals surface area contributed by atoms with Gasteiger partial charge in [-0.05, 0) is 59.9 Å². The van der Waals surface area contributed by atoms with Gasteiger partial charge in [-0.2, -0.15) is 4.90 Å². The van der Waals surface area contributed by atoms with Gasteiger partial charge in [-0.25, -0.2) is 14.4 Å². The molecule has 1 aromatic carbocycles. The molecule has 0 heterocycles. The minimum atomic E-state index is -1.21. The van der Waals surface area contributed by atoms with E-state index in [-0.39, 0.29) is 13.0 Å². The smallest absolute Gasteiger partial charge is 0.420 e. The van der Waals surface area contributed by atoms with Crippen LogP contribution in [0.2, 0.25) is 0 Å². The Morgan fingerprint density at radius 2 is 1.47 bits per heavy atom. The molecule has 0 fully saturated rings. The lowest BCUT2D eigenvalue weighted by Gasteiger charge is -2.32. The third-order valence-corrected chi connectivity index (χ3v) is 3.63. The number of hydrogen-bond donors (Lipinski definition) is 0. The number of nitrogens with zero attached hydrogens (tertiary/aromatic N) is 1. The van der Waals surface area contributed by atoms with Crippen molar-refractivity contribution in [3.05, 3.63) is 48.6 Å². The topological polar surface area (TPSA) is 82.1 Å². The first-order valence-corrected chi connectivity index (χ1v) is 9.90. The minimum absolute atomic E-state index is 0.0146. The van der Waals surface area contributed by atoms with Crippen LogP contribution in [0.3, 0.4) is 0 Å². The van der Waals surface area contributed by atoms with Crippen LogP contribution in [0.5, 0.6) is 0 Å². The number of carbonyl (C=O) groups is 3. The van der Waals surface area contributed by atoms with Crippen LogP contribution in [0.4, 0.5) is 9.59 Å². The summed E-state index contributed by atoms with van der Waals surface area (Å²) in [6.45, 7) is 13.7. The van der Waals surface area contributed by atoms with Crippen molar-refractivity contribution in [2.24, 2.45) is 0 Å². The van der Waals surface area contributed by atoms with E-state index < -0.39 is 35.4 Å². The highest BCUT2D eigenvalue weighted by Crippen LogP contribution is 2.20. The zero-order chi connectivity index (χ0) is 22.9.